The van der Waals surface area contributed by atoms with Crippen LogP contribution in [0, 0.1) is 6.92 Å². The molecule has 0 radical (unpaired) electrons. The van der Waals surface area contributed by atoms with Gasteiger partial charge in [-0.25, -0.2) is 4.79 Å². The van der Waals surface area contributed by atoms with Crippen molar-refractivity contribution < 1.29 is 14.3 Å². The number of hydrogen-bond acceptors (Lipinski definition) is 9. The van der Waals surface area contributed by atoms with Crippen LogP contribution in [-0.2, 0) is 17.9 Å². The highest BCUT2D eigenvalue weighted by Crippen LogP contribution is 2.27. The number of ether oxygens (including phenoxy) is 2. The number of halogens is 1. The van der Waals surface area contributed by atoms with E-state index >= 15 is 0 Å². The number of rotatable bonds is 11. The smallest absolute Gasteiger partial charge is 0.342 e. The van der Waals surface area contributed by atoms with Crippen LogP contribution in [-0.4, -0.2) is 49.1 Å². The van der Waals surface area contributed by atoms with Crippen LogP contribution < -0.4 is 10.1 Å². The summed E-state index contributed by atoms with van der Waals surface area (Å²) in [5.41, 5.74) is 4.53. The molecule has 0 aliphatic rings. The van der Waals surface area contributed by atoms with Gasteiger partial charge in [0.05, 0.1) is 29.7 Å². The molecular formula is C29H28ClN7O3. The van der Waals surface area contributed by atoms with E-state index in [1.165, 1.54) is 0 Å². The van der Waals surface area contributed by atoms with Crippen molar-refractivity contribution in [2.45, 2.75) is 33.4 Å². The Hall–Kier alpha value is -4.57. The monoisotopic (exact) mass is 557 g/mol. The summed E-state index contributed by atoms with van der Waals surface area (Å²) in [5, 5.41) is 13.6. The van der Waals surface area contributed by atoms with Crippen molar-refractivity contribution in [3.8, 4) is 17.3 Å². The molecule has 0 bridgehead atoms. The first-order valence-electron chi connectivity index (χ1n) is 12.9. The lowest BCUT2D eigenvalue weighted by Crippen LogP contribution is -2.13. The summed E-state index contributed by atoms with van der Waals surface area (Å²) < 4.78 is 12.9. The van der Waals surface area contributed by atoms with Gasteiger partial charge in [0.15, 0.2) is 0 Å². The number of esters is 1. The molecule has 5 rings (SSSR count). The van der Waals surface area contributed by atoms with Gasteiger partial charge in [-0.1, -0.05) is 47.1 Å². The third kappa shape index (κ3) is 6.35. The number of carbonyl (C=O) groups is 1. The van der Waals surface area contributed by atoms with Gasteiger partial charge in [-0.05, 0) is 44.5 Å². The Balaban J connectivity index is 1.20. The van der Waals surface area contributed by atoms with Gasteiger partial charge in [-0.3, -0.25) is 9.67 Å². The van der Waals surface area contributed by atoms with Crippen LogP contribution in [0.2, 0.25) is 5.02 Å². The van der Waals surface area contributed by atoms with Crippen molar-refractivity contribution in [3.05, 3.63) is 89.0 Å². The van der Waals surface area contributed by atoms with Crippen molar-refractivity contribution in [3.63, 3.8) is 0 Å². The van der Waals surface area contributed by atoms with Gasteiger partial charge in [0, 0.05) is 40.9 Å². The highest BCUT2D eigenvalue weighted by molar-refractivity contribution is 6.31. The third-order valence-corrected chi connectivity index (χ3v) is 6.35. The molecule has 0 aliphatic heterocycles. The van der Waals surface area contributed by atoms with Crippen molar-refractivity contribution in [1.82, 2.24) is 29.9 Å². The van der Waals surface area contributed by atoms with Gasteiger partial charge in [0.2, 0.25) is 0 Å². The van der Waals surface area contributed by atoms with Crippen LogP contribution in [0.5, 0.6) is 6.01 Å². The summed E-state index contributed by atoms with van der Waals surface area (Å²) in [7, 11) is 0. The summed E-state index contributed by atoms with van der Waals surface area (Å²) in [6.45, 7) is 5.31. The fraction of sp³-hybridized carbons (Fsp3) is 0.241. The Morgan fingerprint density at radius 3 is 2.77 bits per heavy atom. The van der Waals surface area contributed by atoms with Gasteiger partial charge >= 0.3 is 12.0 Å². The molecule has 1 N–H and O–H groups in total. The number of aryl methyl sites for hydroxylation is 2. The van der Waals surface area contributed by atoms with Crippen LogP contribution in [0.15, 0.2) is 67.0 Å². The van der Waals surface area contributed by atoms with Crippen LogP contribution in [0.4, 0.5) is 5.69 Å². The Labute approximate surface area is 236 Å². The summed E-state index contributed by atoms with van der Waals surface area (Å²) in [6.07, 6.45) is 4.43. The summed E-state index contributed by atoms with van der Waals surface area (Å²) in [4.78, 5) is 25.9. The predicted molar refractivity (Wildman–Crippen MR) is 152 cm³/mol. The SMILES string of the molecule is CCOC(=O)c1c(C)nc(OCc2cn(CCCNc3ccnc4cc(Cl)ccc34)nn2)nc1-c1ccccc1. The van der Waals surface area contributed by atoms with E-state index in [9.17, 15) is 4.79 Å². The van der Waals surface area contributed by atoms with Crippen molar-refractivity contribution in [2.24, 2.45) is 0 Å². The zero-order chi connectivity index (χ0) is 27.9. The van der Waals surface area contributed by atoms with Crippen LogP contribution in [0.3, 0.4) is 0 Å². The number of benzene rings is 2. The molecule has 11 heteroatoms. The van der Waals surface area contributed by atoms with Gasteiger partial charge in [-0.15, -0.1) is 5.10 Å². The van der Waals surface area contributed by atoms with E-state index in [0.717, 1.165) is 35.1 Å². The minimum Gasteiger partial charge on any atom is -0.462 e. The lowest BCUT2D eigenvalue weighted by atomic mass is 10.0. The Bertz CT molecular complexity index is 1630. The quantitative estimate of drug-likeness (QED) is 0.166. The summed E-state index contributed by atoms with van der Waals surface area (Å²) in [6, 6.07) is 17.2. The molecule has 40 heavy (non-hydrogen) atoms. The zero-order valence-electron chi connectivity index (χ0n) is 22.2. The predicted octanol–water partition coefficient (Wildman–Crippen LogP) is 5.50. The van der Waals surface area contributed by atoms with E-state index in [2.05, 4.69) is 30.6 Å². The van der Waals surface area contributed by atoms with Crippen molar-refractivity contribution in [2.75, 3.05) is 18.5 Å². The molecular weight excluding hydrogens is 530 g/mol. The molecule has 0 saturated heterocycles. The highest BCUT2D eigenvalue weighted by atomic mass is 35.5. The van der Waals surface area contributed by atoms with E-state index in [4.69, 9.17) is 21.1 Å². The average molecular weight is 558 g/mol. The second-order valence-corrected chi connectivity index (χ2v) is 9.40. The van der Waals surface area contributed by atoms with Crippen LogP contribution in [0.1, 0.15) is 35.1 Å². The van der Waals surface area contributed by atoms with Gasteiger partial charge in [0.1, 0.15) is 17.9 Å². The number of anilines is 1. The molecule has 0 fully saturated rings. The molecule has 3 aromatic heterocycles. The second kappa shape index (κ2) is 12.5. The molecule has 0 spiro atoms. The minimum atomic E-state index is -0.468. The number of nitrogens with zero attached hydrogens (tertiary/aromatic N) is 6. The summed E-state index contributed by atoms with van der Waals surface area (Å²) in [5.74, 6) is -0.468. The fourth-order valence-electron chi connectivity index (χ4n) is 4.26. The van der Waals surface area contributed by atoms with E-state index in [0.29, 0.717) is 34.2 Å². The molecule has 5 aromatic rings. The fourth-order valence-corrected chi connectivity index (χ4v) is 4.42. The number of carbonyl (C=O) groups excluding carboxylic acids is 1. The second-order valence-electron chi connectivity index (χ2n) is 8.96. The maximum atomic E-state index is 12.6. The van der Waals surface area contributed by atoms with E-state index < -0.39 is 5.97 Å². The van der Waals surface area contributed by atoms with Gasteiger partial charge in [-0.2, -0.15) is 9.97 Å². The first-order chi connectivity index (χ1) is 19.5. The molecule has 3 heterocycles. The molecule has 0 saturated carbocycles. The molecule has 204 valence electrons. The van der Waals surface area contributed by atoms with E-state index in [-0.39, 0.29) is 19.2 Å². The highest BCUT2D eigenvalue weighted by Gasteiger charge is 2.21. The molecule has 2 aromatic carbocycles. The van der Waals surface area contributed by atoms with Gasteiger partial charge in [0.25, 0.3) is 0 Å². The number of aromatic nitrogens is 6. The maximum Gasteiger partial charge on any atom is 0.342 e. The topological polar surface area (TPSA) is 117 Å². The lowest BCUT2D eigenvalue weighted by molar-refractivity contribution is 0.0525. The minimum absolute atomic E-state index is 0.135. The average Bonchev–Trinajstić information content (AvgIpc) is 3.42. The molecule has 0 unspecified atom stereocenters. The van der Waals surface area contributed by atoms with Crippen molar-refractivity contribution in [1.29, 1.82) is 0 Å². The normalized spacial score (nSPS) is 11.0. The number of fused-ring (bicyclic) bond motifs is 1. The largest absolute Gasteiger partial charge is 0.462 e. The lowest BCUT2D eigenvalue weighted by Gasteiger charge is -2.12. The van der Waals surface area contributed by atoms with Crippen LogP contribution >= 0.6 is 11.6 Å². The number of pyridine rings is 1. The molecule has 10 nitrogen and oxygen atoms in total. The first kappa shape index (κ1) is 27.0. The van der Waals surface area contributed by atoms with E-state index in [1.807, 2.05) is 60.8 Å². The zero-order valence-corrected chi connectivity index (χ0v) is 22.9. The Kier molecular flexibility index (Phi) is 8.46. The number of nitrogens with one attached hydrogen (secondary N) is 1. The molecule has 0 aliphatic carbocycles. The van der Waals surface area contributed by atoms with E-state index in [1.54, 1.807) is 24.7 Å². The standard InChI is InChI=1S/C29H28ClN7O3/c1-3-39-28(38)26-19(2)33-29(34-27(26)20-8-5-4-6-9-20)40-18-22-17-37(36-35-22)15-7-13-31-24-12-14-32-25-16-21(30)10-11-23(24)25/h4-6,8-12,14,16-17H,3,7,13,15,18H2,1-2H3,(H,31,32). The summed E-state index contributed by atoms with van der Waals surface area (Å²) >= 11 is 6.08. The molecule has 0 amide bonds. The Morgan fingerprint density at radius 1 is 1.10 bits per heavy atom. The first-order valence-corrected chi connectivity index (χ1v) is 13.3. The van der Waals surface area contributed by atoms with Crippen molar-refractivity contribution >= 4 is 34.2 Å². The van der Waals surface area contributed by atoms with Crippen LogP contribution in [0.25, 0.3) is 22.2 Å². The number of hydrogen-bond donors (Lipinski definition) is 1. The Morgan fingerprint density at radius 2 is 1.95 bits per heavy atom. The molecule has 0 atom stereocenters. The maximum absolute atomic E-state index is 12.6. The third-order valence-electron chi connectivity index (χ3n) is 6.12. The van der Waals surface area contributed by atoms with Gasteiger partial charge < -0.3 is 14.8 Å².